The molecule has 4 rings (SSSR count). The van der Waals surface area contributed by atoms with Crippen molar-refractivity contribution in [2.75, 3.05) is 65.2 Å². The summed E-state index contributed by atoms with van der Waals surface area (Å²) in [6, 6.07) is -1.05. The first-order valence-corrected chi connectivity index (χ1v) is 15.4. The molecule has 226 valence electrons. The zero-order valence-corrected chi connectivity index (χ0v) is 23.6. The molecule has 0 spiro atoms. The molecule has 2 unspecified atom stereocenters. The van der Waals surface area contributed by atoms with E-state index < -0.39 is 57.8 Å². The van der Waals surface area contributed by atoms with Gasteiger partial charge in [-0.3, -0.25) is 33.2 Å². The third-order valence-electron chi connectivity index (χ3n) is 7.20. The average molecular weight is 592 g/mol. The molecule has 0 radical (unpaired) electrons. The van der Waals surface area contributed by atoms with Gasteiger partial charge >= 0.3 is 0 Å². The predicted octanol–water partition coefficient (Wildman–Crippen LogP) is -2.50. The Morgan fingerprint density at radius 1 is 0.975 bits per heavy atom. The summed E-state index contributed by atoms with van der Waals surface area (Å²) in [7, 11) is -2.61. The Morgan fingerprint density at radius 3 is 2.15 bits per heavy atom. The molecule has 4 amide bonds. The fraction of sp³-hybridized carbons (Fsp3) is 0.833. The van der Waals surface area contributed by atoms with Crippen LogP contribution in [0.5, 0.6) is 0 Å². The molecule has 40 heavy (non-hydrogen) atoms. The molecule has 7 atom stereocenters. The molecule has 4 fully saturated rings. The van der Waals surface area contributed by atoms with E-state index in [1.807, 2.05) is 0 Å². The molecule has 0 aromatic rings. The number of ether oxygens (including phenoxy) is 5. The van der Waals surface area contributed by atoms with Gasteiger partial charge in [0.25, 0.3) is 5.91 Å². The summed E-state index contributed by atoms with van der Waals surface area (Å²) in [4.78, 5) is 51.0. The molecule has 0 saturated carbocycles. The minimum atomic E-state index is -2.61. The summed E-state index contributed by atoms with van der Waals surface area (Å²) in [5.41, 5.74) is -1.47. The Labute approximate surface area is 232 Å². The summed E-state index contributed by atoms with van der Waals surface area (Å²) >= 11 is 0. The number of amides is 4. The molecule has 4 saturated heterocycles. The lowest BCUT2D eigenvalue weighted by Crippen LogP contribution is -2.62. The van der Waals surface area contributed by atoms with Crippen LogP contribution < -0.4 is 0 Å². The van der Waals surface area contributed by atoms with Crippen LogP contribution >= 0.6 is 0 Å². The summed E-state index contributed by atoms with van der Waals surface area (Å²) in [5, 5.41) is 21.3. The molecule has 2 bridgehead atoms. The van der Waals surface area contributed by atoms with Crippen molar-refractivity contribution in [1.82, 2.24) is 9.80 Å². The maximum atomic E-state index is 12.8. The number of likely N-dealkylation sites (tertiary alicyclic amines) is 2. The van der Waals surface area contributed by atoms with Crippen molar-refractivity contribution in [3.8, 4) is 0 Å². The molecule has 4 aliphatic heterocycles. The Morgan fingerprint density at radius 2 is 1.57 bits per heavy atom. The maximum absolute atomic E-state index is 12.8. The second kappa shape index (κ2) is 12.4. The van der Waals surface area contributed by atoms with Crippen LogP contribution in [0.15, 0.2) is 4.36 Å². The van der Waals surface area contributed by atoms with Gasteiger partial charge < -0.3 is 33.9 Å². The number of hydrogen-bond acceptors (Lipinski definition) is 13. The lowest BCUT2D eigenvalue weighted by Gasteiger charge is -2.41. The van der Waals surface area contributed by atoms with Gasteiger partial charge in [0.05, 0.1) is 59.2 Å². The quantitative estimate of drug-likeness (QED) is 0.169. The largest absolute Gasteiger partial charge is 0.388 e. The number of aliphatic hydroxyl groups excluding tert-OH is 2. The minimum absolute atomic E-state index is 0.0108. The second-order valence-corrected chi connectivity index (χ2v) is 13.2. The van der Waals surface area contributed by atoms with E-state index in [4.69, 9.17) is 23.7 Å². The number of rotatable bonds is 13. The van der Waals surface area contributed by atoms with Crippen molar-refractivity contribution >= 4 is 33.4 Å². The molecule has 4 heterocycles. The Kier molecular flexibility index (Phi) is 9.61. The molecule has 4 aliphatic rings. The molecule has 0 aromatic carbocycles. The molecule has 0 aromatic heterocycles. The highest BCUT2D eigenvalue weighted by Crippen LogP contribution is 2.39. The van der Waals surface area contributed by atoms with Crippen LogP contribution in [0.2, 0.25) is 0 Å². The molecule has 15 nitrogen and oxygen atoms in total. The number of carbonyl (C=O) groups is 4. The summed E-state index contributed by atoms with van der Waals surface area (Å²) < 4.78 is 44.0. The van der Waals surface area contributed by atoms with Gasteiger partial charge in [-0.1, -0.05) is 6.92 Å². The van der Waals surface area contributed by atoms with Crippen molar-refractivity contribution in [2.24, 2.45) is 10.3 Å². The van der Waals surface area contributed by atoms with Gasteiger partial charge in [-0.15, -0.1) is 0 Å². The van der Waals surface area contributed by atoms with Gasteiger partial charge in [0.1, 0.15) is 30.0 Å². The van der Waals surface area contributed by atoms with E-state index in [1.165, 1.54) is 17.4 Å². The lowest BCUT2D eigenvalue weighted by molar-refractivity contribution is -0.235. The summed E-state index contributed by atoms with van der Waals surface area (Å²) in [6.45, 7) is 2.10. The number of imide groups is 2. The predicted molar refractivity (Wildman–Crippen MR) is 135 cm³/mol. The molecule has 0 aliphatic carbocycles. The highest BCUT2D eigenvalue weighted by atomic mass is 32.2. The van der Waals surface area contributed by atoms with E-state index in [9.17, 15) is 33.6 Å². The molecular formula is C24H37N3O12S. The summed E-state index contributed by atoms with van der Waals surface area (Å²) in [6.07, 6.45) is -2.22. The zero-order chi connectivity index (χ0) is 29.2. The number of carbonyl (C=O) groups excluding carboxylic acids is 4. The third kappa shape index (κ3) is 6.70. The number of aliphatic hydroxyl groups is 2. The topological polar surface area (TPSA) is 191 Å². The minimum Gasteiger partial charge on any atom is -0.388 e. The van der Waals surface area contributed by atoms with E-state index in [0.29, 0.717) is 0 Å². The van der Waals surface area contributed by atoms with Gasteiger partial charge in [-0.25, -0.2) is 4.36 Å². The van der Waals surface area contributed by atoms with Crippen LogP contribution in [0.1, 0.15) is 19.8 Å². The van der Waals surface area contributed by atoms with Gasteiger partial charge in [0.2, 0.25) is 17.7 Å². The maximum Gasteiger partial charge on any atom is 0.258 e. The monoisotopic (exact) mass is 591 g/mol. The SMILES string of the molecule is CC1CC(=O)N(CCOCCOCCN2C(=O)CC(OC[C@@]34CO[C@H](O3)[C@H](N=S(C)(C)=O)[C@@H](O)[C@H]4O)C2=O)C1=O. The van der Waals surface area contributed by atoms with Crippen LogP contribution in [0.25, 0.3) is 0 Å². The first-order valence-electron chi connectivity index (χ1n) is 13.1. The first kappa shape index (κ1) is 30.9. The standard InChI is InChI=1S/C24H37N3O12S/c1-14-10-16(28)26(21(14)32)4-6-35-8-9-36-7-5-27-17(29)11-15(22(27)33)37-12-24-13-38-23(39-24)18(19(30)20(24)31)25-40(2,3)34/h14-15,18-20,23,30-31H,4-13H2,1-3H3/t14?,15?,18-,19-,20-,23-,24+/m1/s1. The van der Waals surface area contributed by atoms with Crippen molar-refractivity contribution < 1.29 is 57.3 Å². The van der Waals surface area contributed by atoms with Crippen molar-refractivity contribution in [2.45, 2.75) is 56.0 Å². The Bertz CT molecular complexity index is 1120. The smallest absolute Gasteiger partial charge is 0.258 e. The van der Waals surface area contributed by atoms with Gasteiger partial charge in [0.15, 0.2) is 6.29 Å². The highest BCUT2D eigenvalue weighted by Gasteiger charge is 2.60. The van der Waals surface area contributed by atoms with E-state index in [1.54, 1.807) is 6.92 Å². The molecule has 16 heteroatoms. The van der Waals surface area contributed by atoms with Gasteiger partial charge in [-0.2, -0.15) is 0 Å². The normalized spacial score (nSPS) is 34.4. The first-order chi connectivity index (χ1) is 18.8. The van der Waals surface area contributed by atoms with E-state index >= 15 is 0 Å². The van der Waals surface area contributed by atoms with E-state index in [-0.39, 0.29) is 83.3 Å². The third-order valence-corrected chi connectivity index (χ3v) is 7.95. The zero-order valence-electron chi connectivity index (χ0n) is 22.8. The van der Waals surface area contributed by atoms with Crippen molar-refractivity contribution in [1.29, 1.82) is 0 Å². The highest BCUT2D eigenvalue weighted by molar-refractivity contribution is 7.92. The average Bonchev–Trinajstić information content (AvgIpc) is 3.49. The Hall–Kier alpha value is -2.05. The fourth-order valence-electron chi connectivity index (χ4n) is 5.05. The molecular weight excluding hydrogens is 554 g/mol. The van der Waals surface area contributed by atoms with Gasteiger partial charge in [0, 0.05) is 34.6 Å². The Balaban J connectivity index is 1.16. The van der Waals surface area contributed by atoms with Crippen LogP contribution in [0.3, 0.4) is 0 Å². The van der Waals surface area contributed by atoms with Crippen molar-refractivity contribution in [3.05, 3.63) is 0 Å². The molecule has 2 N–H and O–H groups in total. The van der Waals surface area contributed by atoms with Gasteiger partial charge in [-0.05, 0) is 0 Å². The number of fused-ring (bicyclic) bond motifs is 2. The fourth-order valence-corrected chi connectivity index (χ4v) is 5.86. The van der Waals surface area contributed by atoms with Crippen LogP contribution in [-0.2, 0) is 52.6 Å². The lowest BCUT2D eigenvalue weighted by atomic mass is 9.89. The summed E-state index contributed by atoms with van der Waals surface area (Å²) in [5.74, 6) is -1.69. The second-order valence-electron chi connectivity index (χ2n) is 10.7. The van der Waals surface area contributed by atoms with E-state index in [0.717, 1.165) is 4.90 Å². The van der Waals surface area contributed by atoms with Crippen molar-refractivity contribution in [3.63, 3.8) is 0 Å². The number of hydrogen-bond donors (Lipinski definition) is 2. The van der Waals surface area contributed by atoms with Crippen LogP contribution in [0, 0.1) is 5.92 Å². The van der Waals surface area contributed by atoms with Crippen LogP contribution in [0.4, 0.5) is 0 Å². The van der Waals surface area contributed by atoms with Crippen LogP contribution in [-0.4, -0.2) is 149 Å². The number of nitrogens with zero attached hydrogens (tertiary/aromatic N) is 3. The van der Waals surface area contributed by atoms with E-state index in [2.05, 4.69) is 4.36 Å².